The van der Waals surface area contributed by atoms with Crippen LogP contribution < -0.4 is 0 Å². The zero-order chi connectivity index (χ0) is 26.8. The molecule has 1 spiro atoms. The van der Waals surface area contributed by atoms with Crippen LogP contribution in [0, 0.1) is 22.7 Å². The number of furan rings is 1. The first-order valence-corrected chi connectivity index (χ1v) is 12.4. The highest BCUT2D eigenvalue weighted by molar-refractivity contribution is 6.07. The minimum atomic E-state index is -2.17. The van der Waals surface area contributed by atoms with E-state index in [0.29, 0.717) is 0 Å². The van der Waals surface area contributed by atoms with Crippen molar-refractivity contribution < 1.29 is 47.3 Å². The highest BCUT2D eigenvalue weighted by atomic mass is 16.8. The van der Waals surface area contributed by atoms with Crippen LogP contribution in [0.1, 0.15) is 57.8 Å². The van der Waals surface area contributed by atoms with Crippen LogP contribution in [0.3, 0.4) is 0 Å². The van der Waals surface area contributed by atoms with Crippen molar-refractivity contribution in [2.75, 3.05) is 7.11 Å². The van der Waals surface area contributed by atoms with E-state index in [4.69, 9.17) is 28.1 Å². The molecule has 0 aromatic carbocycles. The first kappa shape index (κ1) is 24.4. The Kier molecular flexibility index (Phi) is 4.55. The number of hydrogen-bond acceptors (Lipinski definition) is 10. The molecule has 8 atom stereocenters. The molecule has 4 fully saturated rings. The number of Topliss-reactive ketones (excluding diaryl/α,β-unsaturated/α-hetero) is 1. The van der Waals surface area contributed by atoms with E-state index in [9.17, 15) is 19.2 Å². The molecule has 10 nitrogen and oxygen atoms in total. The van der Waals surface area contributed by atoms with Crippen molar-refractivity contribution in [2.24, 2.45) is 22.7 Å². The van der Waals surface area contributed by atoms with Gasteiger partial charge in [0.25, 0.3) is 0 Å². The highest BCUT2D eigenvalue weighted by Crippen LogP contribution is 2.74. The van der Waals surface area contributed by atoms with Crippen molar-refractivity contribution in [3.8, 4) is 0 Å². The number of carbonyl (C=O) groups is 4. The summed E-state index contributed by atoms with van der Waals surface area (Å²) in [5.41, 5.74) is -7.85. The second-order valence-corrected chi connectivity index (χ2v) is 11.8. The van der Waals surface area contributed by atoms with Crippen molar-refractivity contribution in [1.82, 2.24) is 0 Å². The van der Waals surface area contributed by atoms with Gasteiger partial charge in [-0.2, -0.15) is 0 Å². The van der Waals surface area contributed by atoms with Gasteiger partial charge in [-0.15, -0.1) is 0 Å². The fraction of sp³-hybridized carbons (Fsp3) is 0.630. The zero-order valence-electron chi connectivity index (χ0n) is 21.6. The Morgan fingerprint density at radius 1 is 1.08 bits per heavy atom. The van der Waals surface area contributed by atoms with Gasteiger partial charge in [0.15, 0.2) is 5.78 Å². The molecule has 4 saturated heterocycles. The summed E-state index contributed by atoms with van der Waals surface area (Å²) in [6, 6.07) is 1.50. The Morgan fingerprint density at radius 3 is 2.46 bits per heavy atom. The third-order valence-corrected chi connectivity index (χ3v) is 9.70. The second-order valence-electron chi connectivity index (χ2n) is 11.8. The molecule has 0 N–H and O–H groups in total. The molecule has 0 saturated carbocycles. The highest BCUT2D eigenvalue weighted by Gasteiger charge is 2.90. The maximum atomic E-state index is 14.2. The molecule has 1 aromatic heterocycles. The Labute approximate surface area is 213 Å². The SMILES string of the molecule is COC(=O)[C@@]12O[C@]3(C)OC(=O)[C@@](C)([C@@H]3C=C[C@@]1(C)C(=O)c1ccoc1)[C@@]21C[C@H]2[C@H](CC(=O)OC2(C)C)O1. The molecule has 6 aliphatic rings. The number of fused-ring (bicyclic) bond motifs is 2. The molecule has 198 valence electrons. The second kappa shape index (κ2) is 6.91. The fourth-order valence-electron chi connectivity index (χ4n) is 7.89. The number of esters is 3. The molecule has 1 aliphatic carbocycles. The van der Waals surface area contributed by atoms with Gasteiger partial charge in [0.2, 0.25) is 11.4 Å². The predicted molar refractivity (Wildman–Crippen MR) is 123 cm³/mol. The summed E-state index contributed by atoms with van der Waals surface area (Å²) in [5, 5.41) is 0. The van der Waals surface area contributed by atoms with Gasteiger partial charge >= 0.3 is 17.9 Å². The molecule has 0 unspecified atom stereocenters. The van der Waals surface area contributed by atoms with E-state index in [-0.39, 0.29) is 18.4 Å². The van der Waals surface area contributed by atoms with Gasteiger partial charge in [-0.05, 0) is 40.2 Å². The van der Waals surface area contributed by atoms with E-state index in [1.54, 1.807) is 46.8 Å². The van der Waals surface area contributed by atoms with Crippen LogP contribution in [-0.2, 0) is 38.1 Å². The molecule has 10 heteroatoms. The maximum Gasteiger partial charge on any atom is 0.342 e. The Balaban J connectivity index is 1.68. The molecule has 0 radical (unpaired) electrons. The van der Waals surface area contributed by atoms with Crippen molar-refractivity contribution in [3.05, 3.63) is 36.3 Å². The van der Waals surface area contributed by atoms with Crippen LogP contribution in [0.2, 0.25) is 0 Å². The smallest absolute Gasteiger partial charge is 0.342 e. The molecular formula is C27H30O10. The fourth-order valence-corrected chi connectivity index (χ4v) is 7.89. The van der Waals surface area contributed by atoms with E-state index < -0.39 is 75.1 Å². The molecule has 37 heavy (non-hydrogen) atoms. The van der Waals surface area contributed by atoms with Gasteiger partial charge in [-0.25, -0.2) is 4.79 Å². The topological polar surface area (TPSA) is 128 Å². The van der Waals surface area contributed by atoms with Gasteiger partial charge in [0, 0.05) is 12.8 Å². The lowest BCUT2D eigenvalue weighted by Gasteiger charge is -2.60. The summed E-state index contributed by atoms with van der Waals surface area (Å²) < 4.78 is 35.6. The minimum Gasteiger partial charge on any atom is -0.472 e. The number of carbonyl (C=O) groups excluding carboxylic acids is 4. The predicted octanol–water partition coefficient (Wildman–Crippen LogP) is 2.75. The Bertz CT molecular complexity index is 1260. The number of cyclic esters (lactones) is 1. The van der Waals surface area contributed by atoms with Crippen LogP contribution in [0.25, 0.3) is 0 Å². The van der Waals surface area contributed by atoms with Crippen molar-refractivity contribution in [3.63, 3.8) is 0 Å². The molecule has 1 aromatic rings. The molecule has 4 bridgehead atoms. The maximum absolute atomic E-state index is 14.2. The van der Waals surface area contributed by atoms with Crippen LogP contribution in [0.5, 0.6) is 0 Å². The summed E-state index contributed by atoms with van der Waals surface area (Å²) >= 11 is 0. The zero-order valence-corrected chi connectivity index (χ0v) is 21.6. The van der Waals surface area contributed by atoms with E-state index in [2.05, 4.69) is 0 Å². The first-order chi connectivity index (χ1) is 17.2. The van der Waals surface area contributed by atoms with Gasteiger partial charge < -0.3 is 28.1 Å². The van der Waals surface area contributed by atoms with Crippen LogP contribution >= 0.6 is 0 Å². The van der Waals surface area contributed by atoms with Crippen LogP contribution in [0.4, 0.5) is 0 Å². The average molecular weight is 515 g/mol. The minimum absolute atomic E-state index is 0.0695. The van der Waals surface area contributed by atoms with Gasteiger partial charge in [-0.3, -0.25) is 14.4 Å². The van der Waals surface area contributed by atoms with E-state index >= 15 is 0 Å². The molecule has 0 amide bonds. The van der Waals surface area contributed by atoms with Crippen molar-refractivity contribution in [2.45, 2.75) is 76.2 Å². The molecule has 6 heterocycles. The molecule has 7 rings (SSSR count). The number of ketones is 1. The van der Waals surface area contributed by atoms with Gasteiger partial charge in [-0.1, -0.05) is 12.2 Å². The number of hydrogen-bond donors (Lipinski definition) is 0. The lowest BCUT2D eigenvalue weighted by Crippen LogP contribution is -2.80. The number of rotatable bonds is 3. The third-order valence-electron chi connectivity index (χ3n) is 9.70. The van der Waals surface area contributed by atoms with Crippen LogP contribution in [0.15, 0.2) is 35.2 Å². The van der Waals surface area contributed by atoms with E-state index in [1.165, 1.54) is 25.7 Å². The van der Waals surface area contributed by atoms with E-state index in [0.717, 1.165) is 0 Å². The Morgan fingerprint density at radius 2 is 1.81 bits per heavy atom. The summed E-state index contributed by atoms with van der Waals surface area (Å²) in [6.45, 7) is 8.41. The number of ether oxygens (including phenoxy) is 5. The largest absolute Gasteiger partial charge is 0.472 e. The van der Waals surface area contributed by atoms with Gasteiger partial charge in [0.05, 0.1) is 42.8 Å². The van der Waals surface area contributed by atoms with Crippen molar-refractivity contribution in [1.29, 1.82) is 0 Å². The summed E-state index contributed by atoms with van der Waals surface area (Å²) in [6.07, 6.45) is 5.32. The quantitative estimate of drug-likeness (QED) is 0.257. The number of methoxy groups -OCH3 is 1. The Hall–Kier alpha value is -2.98. The molecule has 5 aliphatic heterocycles. The summed E-state index contributed by atoms with van der Waals surface area (Å²) in [7, 11) is 1.20. The third kappa shape index (κ3) is 2.49. The lowest BCUT2D eigenvalue weighted by atomic mass is 9.49. The monoisotopic (exact) mass is 514 g/mol. The summed E-state index contributed by atoms with van der Waals surface area (Å²) in [4.78, 5) is 54.8. The average Bonchev–Trinajstić information content (AvgIpc) is 3.49. The van der Waals surface area contributed by atoms with Crippen molar-refractivity contribution >= 4 is 23.7 Å². The van der Waals surface area contributed by atoms with Crippen LogP contribution in [-0.4, -0.2) is 59.5 Å². The lowest BCUT2D eigenvalue weighted by molar-refractivity contribution is -0.357. The normalized spacial score (nSPS) is 46.8. The first-order valence-electron chi connectivity index (χ1n) is 12.4. The standard InChI is InChI=1S/C27H30O10/c1-22(2)15-12-26(34-16(15)11-18(28)35-22)24(4)17-7-9-23(3,19(29)14-8-10-33-13-14)27(26,21(31)32-6)37-25(17,5)36-20(24)30/h7-10,13,15-17H,11-12H2,1-6H3/t15-,16-,17-,23-,24+,25-,26-,27+/m0/s1. The van der Waals surface area contributed by atoms with Gasteiger partial charge in [0.1, 0.15) is 22.9 Å². The summed E-state index contributed by atoms with van der Waals surface area (Å²) in [5.74, 6) is -5.10. The molecular weight excluding hydrogens is 484 g/mol. The van der Waals surface area contributed by atoms with E-state index in [1.807, 2.05) is 0 Å².